The smallest absolute Gasteiger partial charge is 0.210 e. The fourth-order valence-corrected chi connectivity index (χ4v) is 3.26. The van der Waals surface area contributed by atoms with Crippen LogP contribution in [0.4, 0.5) is 10.8 Å². The molecule has 1 atom stereocenters. The number of rotatable bonds is 4. The largest absolute Gasteiger partial charge is 0.330 e. The molecule has 0 aliphatic carbocycles. The van der Waals surface area contributed by atoms with Gasteiger partial charge in [0.1, 0.15) is 0 Å². The Morgan fingerprint density at radius 2 is 2.26 bits per heavy atom. The molecule has 98 valence electrons. The van der Waals surface area contributed by atoms with Crippen molar-refractivity contribution in [1.29, 1.82) is 5.26 Å². The van der Waals surface area contributed by atoms with Crippen molar-refractivity contribution in [2.75, 3.05) is 5.32 Å². The van der Waals surface area contributed by atoms with Gasteiger partial charge in [-0.3, -0.25) is 0 Å². The van der Waals surface area contributed by atoms with Crippen LogP contribution in [0.25, 0.3) is 0 Å². The lowest BCUT2D eigenvalue weighted by atomic mass is 10.2. The van der Waals surface area contributed by atoms with Crippen LogP contribution in [-0.4, -0.2) is 15.4 Å². The zero-order valence-corrected chi connectivity index (χ0v) is 12.7. The SMILES string of the molecule is Cc1ccc(Nc2nnc(SC(C)C#N)s2)cc1Cl. The Balaban J connectivity index is 2.07. The summed E-state index contributed by atoms with van der Waals surface area (Å²) in [6, 6.07) is 7.88. The van der Waals surface area contributed by atoms with Gasteiger partial charge in [0.2, 0.25) is 5.13 Å². The Hall–Kier alpha value is -1.29. The number of benzene rings is 1. The second-order valence-electron chi connectivity index (χ2n) is 3.85. The molecule has 1 N–H and O–H groups in total. The molecule has 1 aromatic carbocycles. The molecule has 0 aliphatic rings. The molecule has 0 radical (unpaired) electrons. The molecule has 0 spiro atoms. The van der Waals surface area contributed by atoms with Gasteiger partial charge in [-0.05, 0) is 31.5 Å². The Labute approximate surface area is 124 Å². The second kappa shape index (κ2) is 6.24. The first kappa shape index (κ1) is 14.1. The Morgan fingerprint density at radius 1 is 1.47 bits per heavy atom. The highest BCUT2D eigenvalue weighted by Gasteiger charge is 2.09. The Morgan fingerprint density at radius 3 is 2.95 bits per heavy atom. The monoisotopic (exact) mass is 310 g/mol. The zero-order chi connectivity index (χ0) is 13.8. The molecule has 1 aromatic heterocycles. The highest BCUT2D eigenvalue weighted by molar-refractivity contribution is 8.01. The predicted molar refractivity (Wildman–Crippen MR) is 80.3 cm³/mol. The van der Waals surface area contributed by atoms with Crippen LogP contribution in [0.5, 0.6) is 0 Å². The minimum atomic E-state index is -0.130. The lowest BCUT2D eigenvalue weighted by Gasteiger charge is -2.03. The van der Waals surface area contributed by atoms with Crippen LogP contribution in [-0.2, 0) is 0 Å². The second-order valence-corrected chi connectivity index (χ2v) is 6.82. The van der Waals surface area contributed by atoms with Gasteiger partial charge in [-0.2, -0.15) is 5.26 Å². The van der Waals surface area contributed by atoms with E-state index in [-0.39, 0.29) is 5.25 Å². The quantitative estimate of drug-likeness (QED) is 0.855. The summed E-state index contributed by atoms with van der Waals surface area (Å²) in [5.41, 5.74) is 1.90. The zero-order valence-electron chi connectivity index (χ0n) is 10.3. The number of nitrogens with one attached hydrogen (secondary N) is 1. The number of thioether (sulfide) groups is 1. The minimum Gasteiger partial charge on any atom is -0.330 e. The van der Waals surface area contributed by atoms with Crippen molar-refractivity contribution in [1.82, 2.24) is 10.2 Å². The number of hydrogen-bond donors (Lipinski definition) is 1. The highest BCUT2D eigenvalue weighted by atomic mass is 35.5. The van der Waals surface area contributed by atoms with Gasteiger partial charge < -0.3 is 5.32 Å². The molecule has 1 unspecified atom stereocenters. The molecule has 7 heteroatoms. The van der Waals surface area contributed by atoms with Crippen molar-refractivity contribution in [3.63, 3.8) is 0 Å². The average molecular weight is 311 g/mol. The number of nitrogens with zero attached hydrogens (tertiary/aromatic N) is 3. The van der Waals surface area contributed by atoms with Gasteiger partial charge >= 0.3 is 0 Å². The fourth-order valence-electron chi connectivity index (χ4n) is 1.28. The van der Waals surface area contributed by atoms with E-state index in [1.165, 1.54) is 23.1 Å². The third-order valence-corrected chi connectivity index (χ3v) is 4.61. The van der Waals surface area contributed by atoms with E-state index in [0.717, 1.165) is 15.6 Å². The molecule has 2 rings (SSSR count). The summed E-state index contributed by atoms with van der Waals surface area (Å²) < 4.78 is 0.773. The van der Waals surface area contributed by atoms with E-state index in [2.05, 4.69) is 21.6 Å². The standard InChI is InChI=1S/C12H11ClN4S2/c1-7-3-4-9(5-10(7)13)15-11-16-17-12(19-11)18-8(2)6-14/h3-5,8H,1-2H3,(H,15,16). The number of aromatic nitrogens is 2. The number of hydrogen-bond acceptors (Lipinski definition) is 6. The number of anilines is 2. The normalized spacial score (nSPS) is 11.9. The summed E-state index contributed by atoms with van der Waals surface area (Å²) in [4.78, 5) is 0. The van der Waals surface area contributed by atoms with Gasteiger partial charge in [-0.25, -0.2) is 0 Å². The maximum absolute atomic E-state index is 8.75. The molecule has 19 heavy (non-hydrogen) atoms. The Kier molecular flexibility index (Phi) is 4.64. The van der Waals surface area contributed by atoms with Crippen molar-refractivity contribution in [3.05, 3.63) is 28.8 Å². The molecule has 2 aromatic rings. The molecule has 1 heterocycles. The number of halogens is 1. The summed E-state index contributed by atoms with van der Waals surface area (Å²) >= 11 is 8.88. The summed E-state index contributed by atoms with van der Waals surface area (Å²) in [6.07, 6.45) is 0. The van der Waals surface area contributed by atoms with Gasteiger partial charge in [-0.15, -0.1) is 10.2 Å². The lowest BCUT2D eigenvalue weighted by molar-refractivity contribution is 1.01. The number of aryl methyl sites for hydroxylation is 1. The molecule has 0 saturated heterocycles. The van der Waals surface area contributed by atoms with Crippen molar-refractivity contribution in [3.8, 4) is 6.07 Å². The maximum atomic E-state index is 8.75. The summed E-state index contributed by atoms with van der Waals surface area (Å²) in [5.74, 6) is 0. The molecule has 0 bridgehead atoms. The van der Waals surface area contributed by atoms with E-state index in [1.54, 1.807) is 0 Å². The van der Waals surface area contributed by atoms with Gasteiger partial charge in [0, 0.05) is 10.7 Å². The molecule has 0 aliphatic heterocycles. The first-order valence-electron chi connectivity index (χ1n) is 5.51. The van der Waals surface area contributed by atoms with Crippen molar-refractivity contribution in [2.24, 2.45) is 0 Å². The third-order valence-electron chi connectivity index (χ3n) is 2.29. The van der Waals surface area contributed by atoms with Crippen LogP contribution < -0.4 is 5.32 Å². The van der Waals surface area contributed by atoms with E-state index < -0.39 is 0 Å². The fraction of sp³-hybridized carbons (Fsp3) is 0.250. The first-order chi connectivity index (χ1) is 9.08. The van der Waals surface area contributed by atoms with Gasteiger partial charge in [0.15, 0.2) is 4.34 Å². The lowest BCUT2D eigenvalue weighted by Crippen LogP contribution is -1.89. The predicted octanol–water partition coefficient (Wildman–Crippen LogP) is 4.25. The topological polar surface area (TPSA) is 61.6 Å². The van der Waals surface area contributed by atoms with Crippen LogP contribution in [0, 0.1) is 18.3 Å². The third kappa shape index (κ3) is 3.83. The maximum Gasteiger partial charge on any atom is 0.210 e. The minimum absolute atomic E-state index is 0.130. The molecule has 0 fully saturated rings. The van der Waals surface area contributed by atoms with Gasteiger partial charge in [0.05, 0.1) is 11.3 Å². The van der Waals surface area contributed by atoms with E-state index in [0.29, 0.717) is 10.2 Å². The highest BCUT2D eigenvalue weighted by Crippen LogP contribution is 2.30. The van der Waals surface area contributed by atoms with E-state index >= 15 is 0 Å². The van der Waals surface area contributed by atoms with E-state index in [9.17, 15) is 0 Å². The molecule has 4 nitrogen and oxygen atoms in total. The van der Waals surface area contributed by atoms with Crippen molar-refractivity contribution >= 4 is 45.5 Å². The summed E-state index contributed by atoms with van der Waals surface area (Å²) in [5, 5.41) is 21.2. The van der Waals surface area contributed by atoms with Gasteiger partial charge in [-0.1, -0.05) is 40.8 Å². The van der Waals surface area contributed by atoms with Gasteiger partial charge in [0.25, 0.3) is 0 Å². The van der Waals surface area contributed by atoms with Crippen LogP contribution in [0.15, 0.2) is 22.5 Å². The first-order valence-corrected chi connectivity index (χ1v) is 7.59. The van der Waals surface area contributed by atoms with Crippen LogP contribution in [0.3, 0.4) is 0 Å². The molecular formula is C12H11ClN4S2. The van der Waals surface area contributed by atoms with Crippen LogP contribution in [0.1, 0.15) is 12.5 Å². The summed E-state index contributed by atoms with van der Waals surface area (Å²) in [6.45, 7) is 3.79. The molecular weight excluding hydrogens is 300 g/mol. The van der Waals surface area contributed by atoms with E-state index in [4.69, 9.17) is 16.9 Å². The van der Waals surface area contributed by atoms with Crippen LogP contribution in [0.2, 0.25) is 5.02 Å². The molecule has 0 amide bonds. The Bertz CT molecular complexity index is 620. The number of nitriles is 1. The van der Waals surface area contributed by atoms with Crippen LogP contribution >= 0.6 is 34.7 Å². The average Bonchev–Trinajstić information content (AvgIpc) is 2.81. The summed E-state index contributed by atoms with van der Waals surface area (Å²) in [7, 11) is 0. The molecule has 0 saturated carbocycles. The van der Waals surface area contributed by atoms with E-state index in [1.807, 2.05) is 32.0 Å². The van der Waals surface area contributed by atoms with Crippen molar-refractivity contribution in [2.45, 2.75) is 23.4 Å². The van der Waals surface area contributed by atoms with Crippen molar-refractivity contribution < 1.29 is 0 Å².